The topological polar surface area (TPSA) is 105 Å². The normalized spacial score (nSPS) is 15.5. The second-order valence-electron chi connectivity index (χ2n) is 6.90. The first-order valence-electron chi connectivity index (χ1n) is 9.78. The molecule has 32 heavy (non-hydrogen) atoms. The number of halogens is 1. The number of hydrazine groups is 1. The minimum Gasteiger partial charge on any atom is -0.493 e. The van der Waals surface area contributed by atoms with Crippen LogP contribution in [0.15, 0.2) is 42.5 Å². The molecule has 0 spiro atoms. The Morgan fingerprint density at radius 2 is 1.84 bits per heavy atom. The van der Waals surface area contributed by atoms with Gasteiger partial charge >= 0.3 is 0 Å². The number of methoxy groups -OCH3 is 2. The summed E-state index contributed by atoms with van der Waals surface area (Å²) in [4.78, 5) is 51.7. The summed E-state index contributed by atoms with van der Waals surface area (Å²) < 4.78 is 23.9. The number of hydrogen-bond donors (Lipinski definition) is 1. The Morgan fingerprint density at radius 1 is 1.12 bits per heavy atom. The van der Waals surface area contributed by atoms with Crippen LogP contribution in [0.2, 0.25) is 0 Å². The number of carbonyl (C=O) groups is 4. The zero-order valence-electron chi connectivity index (χ0n) is 17.8. The second-order valence-corrected chi connectivity index (χ2v) is 6.90. The van der Waals surface area contributed by atoms with Gasteiger partial charge in [0.05, 0.1) is 26.3 Å². The van der Waals surface area contributed by atoms with E-state index >= 15 is 0 Å². The molecule has 1 atom stereocenters. The molecule has 1 N–H and O–H groups in total. The lowest BCUT2D eigenvalue weighted by molar-refractivity contribution is -0.140. The highest BCUT2D eigenvalue weighted by atomic mass is 19.1. The number of nitrogens with one attached hydrogen (secondary N) is 1. The fourth-order valence-electron chi connectivity index (χ4n) is 3.34. The molecule has 1 aliphatic rings. The highest BCUT2D eigenvalue weighted by Crippen LogP contribution is 2.28. The number of carbonyl (C=O) groups excluding carboxylic acids is 4. The Kier molecular flexibility index (Phi) is 6.72. The number of hydrogen-bond acceptors (Lipinski definition) is 6. The molecule has 10 heteroatoms. The van der Waals surface area contributed by atoms with E-state index in [1.54, 1.807) is 6.92 Å². The van der Waals surface area contributed by atoms with Crippen LogP contribution in [0.25, 0.3) is 0 Å². The van der Waals surface area contributed by atoms with Crippen molar-refractivity contribution in [2.75, 3.05) is 19.1 Å². The summed E-state index contributed by atoms with van der Waals surface area (Å²) in [6.45, 7) is 1.56. The molecule has 3 rings (SSSR count). The number of ether oxygens (including phenoxy) is 2. The zero-order chi connectivity index (χ0) is 23.4. The molecule has 1 unspecified atom stereocenters. The first-order chi connectivity index (χ1) is 15.3. The van der Waals surface area contributed by atoms with Crippen molar-refractivity contribution in [1.82, 2.24) is 10.4 Å². The van der Waals surface area contributed by atoms with Crippen LogP contribution < -0.4 is 19.8 Å². The summed E-state index contributed by atoms with van der Waals surface area (Å²) in [6.07, 6.45) is -0.378. The predicted octanol–water partition coefficient (Wildman–Crippen LogP) is 2.06. The van der Waals surface area contributed by atoms with Crippen molar-refractivity contribution in [1.29, 1.82) is 0 Å². The minimum atomic E-state index is -1.26. The van der Waals surface area contributed by atoms with Gasteiger partial charge in [-0.2, -0.15) is 0 Å². The molecule has 2 aromatic rings. The molecule has 0 bridgehead atoms. The van der Waals surface area contributed by atoms with Crippen LogP contribution in [0.3, 0.4) is 0 Å². The lowest BCUT2D eigenvalue weighted by Crippen LogP contribution is -2.54. The van der Waals surface area contributed by atoms with E-state index in [1.165, 1.54) is 50.6 Å². The molecule has 0 radical (unpaired) electrons. The molecule has 1 aliphatic heterocycles. The zero-order valence-corrected chi connectivity index (χ0v) is 17.8. The van der Waals surface area contributed by atoms with E-state index in [-0.39, 0.29) is 24.1 Å². The maximum atomic E-state index is 13.6. The molecule has 0 saturated carbocycles. The van der Waals surface area contributed by atoms with Gasteiger partial charge in [-0.1, -0.05) is 13.0 Å². The van der Waals surface area contributed by atoms with Gasteiger partial charge in [-0.05, 0) is 36.4 Å². The third-order valence-corrected chi connectivity index (χ3v) is 4.94. The third-order valence-electron chi connectivity index (χ3n) is 4.94. The molecule has 1 heterocycles. The van der Waals surface area contributed by atoms with Crippen LogP contribution in [0.4, 0.5) is 10.1 Å². The van der Waals surface area contributed by atoms with E-state index in [9.17, 15) is 23.6 Å². The van der Waals surface area contributed by atoms with Gasteiger partial charge in [-0.3, -0.25) is 24.6 Å². The lowest BCUT2D eigenvalue weighted by atomic mass is 10.2. The maximum absolute atomic E-state index is 13.6. The summed E-state index contributed by atoms with van der Waals surface area (Å²) in [6, 6.07) is 8.16. The fraction of sp³-hybridized carbons (Fsp3) is 0.273. The quantitative estimate of drug-likeness (QED) is 0.541. The van der Waals surface area contributed by atoms with Crippen molar-refractivity contribution in [3.05, 3.63) is 53.8 Å². The molecule has 1 fully saturated rings. The third kappa shape index (κ3) is 4.39. The molecule has 0 aliphatic carbocycles. The van der Waals surface area contributed by atoms with Crippen LogP contribution in [0.1, 0.15) is 30.1 Å². The minimum absolute atomic E-state index is 0.0237. The van der Waals surface area contributed by atoms with E-state index in [4.69, 9.17) is 9.47 Å². The number of rotatable bonds is 6. The predicted molar refractivity (Wildman–Crippen MR) is 111 cm³/mol. The van der Waals surface area contributed by atoms with Gasteiger partial charge in [-0.15, -0.1) is 0 Å². The largest absolute Gasteiger partial charge is 0.493 e. The summed E-state index contributed by atoms with van der Waals surface area (Å²) in [7, 11) is 2.86. The molecule has 2 aromatic carbocycles. The SMILES string of the molecule is CCC(=O)N(NC(=O)c1ccc(OC)c(OC)c1)C1CC(=O)N(c2cccc(F)c2)C1=O. The average molecular weight is 443 g/mol. The maximum Gasteiger partial charge on any atom is 0.270 e. The van der Waals surface area contributed by atoms with Gasteiger partial charge in [0.25, 0.3) is 11.8 Å². The lowest BCUT2D eigenvalue weighted by Gasteiger charge is -2.27. The number of benzene rings is 2. The number of imide groups is 1. The Hall–Kier alpha value is -3.95. The van der Waals surface area contributed by atoms with E-state index in [0.29, 0.717) is 11.5 Å². The second kappa shape index (κ2) is 9.46. The highest BCUT2D eigenvalue weighted by molar-refractivity contribution is 6.23. The van der Waals surface area contributed by atoms with Crippen molar-refractivity contribution in [2.24, 2.45) is 0 Å². The molecule has 1 saturated heterocycles. The van der Waals surface area contributed by atoms with E-state index in [2.05, 4.69) is 5.43 Å². The van der Waals surface area contributed by atoms with Crippen LogP contribution in [-0.4, -0.2) is 48.9 Å². The van der Waals surface area contributed by atoms with E-state index in [1.807, 2.05) is 0 Å². The summed E-state index contributed by atoms with van der Waals surface area (Å²) in [5.41, 5.74) is 2.63. The molecule has 168 valence electrons. The van der Waals surface area contributed by atoms with Crippen LogP contribution >= 0.6 is 0 Å². The van der Waals surface area contributed by atoms with Gasteiger partial charge in [0, 0.05) is 12.0 Å². The summed E-state index contributed by atoms with van der Waals surface area (Å²) in [5.74, 6) is -2.50. The molecule has 4 amide bonds. The summed E-state index contributed by atoms with van der Waals surface area (Å²) in [5, 5.41) is 0.860. The van der Waals surface area contributed by atoms with Gasteiger partial charge in [0.1, 0.15) is 11.9 Å². The van der Waals surface area contributed by atoms with Crippen molar-refractivity contribution >= 4 is 29.3 Å². The van der Waals surface area contributed by atoms with Crippen molar-refractivity contribution in [3.8, 4) is 11.5 Å². The van der Waals surface area contributed by atoms with Crippen molar-refractivity contribution in [2.45, 2.75) is 25.8 Å². The van der Waals surface area contributed by atoms with Crippen LogP contribution in [-0.2, 0) is 14.4 Å². The molecule has 9 nitrogen and oxygen atoms in total. The van der Waals surface area contributed by atoms with Gasteiger partial charge in [0.15, 0.2) is 11.5 Å². The molecular weight excluding hydrogens is 421 g/mol. The number of amides is 4. The average Bonchev–Trinajstić information content (AvgIpc) is 3.09. The number of nitrogens with zero attached hydrogens (tertiary/aromatic N) is 2. The van der Waals surface area contributed by atoms with Gasteiger partial charge in [0.2, 0.25) is 11.8 Å². The fourth-order valence-corrected chi connectivity index (χ4v) is 3.34. The Bertz CT molecular complexity index is 1070. The Morgan fingerprint density at radius 3 is 2.47 bits per heavy atom. The first-order valence-corrected chi connectivity index (χ1v) is 9.78. The Labute approximate surface area is 183 Å². The molecule has 0 aromatic heterocycles. The van der Waals surface area contributed by atoms with Crippen molar-refractivity contribution in [3.63, 3.8) is 0 Å². The van der Waals surface area contributed by atoms with Crippen LogP contribution in [0, 0.1) is 5.82 Å². The number of anilines is 1. The standard InChI is InChI=1S/C22H22FN3O6/c1-4-19(27)26(24-21(29)13-8-9-17(31-2)18(10-13)32-3)16-12-20(28)25(22(16)30)15-7-5-6-14(23)11-15/h5-11,16H,4,12H2,1-3H3,(H,24,29). The summed E-state index contributed by atoms with van der Waals surface area (Å²) >= 11 is 0. The highest BCUT2D eigenvalue weighted by Gasteiger charge is 2.45. The van der Waals surface area contributed by atoms with Crippen LogP contribution in [0.5, 0.6) is 11.5 Å². The monoisotopic (exact) mass is 443 g/mol. The van der Waals surface area contributed by atoms with Gasteiger partial charge in [-0.25, -0.2) is 14.3 Å². The van der Waals surface area contributed by atoms with E-state index in [0.717, 1.165) is 16.0 Å². The van der Waals surface area contributed by atoms with Gasteiger partial charge < -0.3 is 9.47 Å². The van der Waals surface area contributed by atoms with E-state index < -0.39 is 35.5 Å². The smallest absolute Gasteiger partial charge is 0.270 e. The van der Waals surface area contributed by atoms with Crippen molar-refractivity contribution < 1.29 is 33.0 Å². The Balaban J connectivity index is 1.87. The molecular formula is C22H22FN3O6. The first kappa shape index (κ1) is 22.7.